The average molecular weight is 198 g/mol. The predicted octanol–water partition coefficient (Wildman–Crippen LogP) is 4.67. The zero-order valence-electron chi connectivity index (χ0n) is 9.72. The molecular weight excluding hydrogens is 175 g/mol. The lowest BCUT2D eigenvalue weighted by Gasteiger charge is -2.13. The smallest absolute Gasteiger partial charge is 0.118 e. The lowest BCUT2D eigenvalue weighted by atomic mass is 9.94. The number of rotatable bonds is 7. The first kappa shape index (κ1) is 13.4. The van der Waals surface area contributed by atoms with Gasteiger partial charge in [0.25, 0.3) is 0 Å². The van der Waals surface area contributed by atoms with Gasteiger partial charge in [0.15, 0.2) is 0 Å². The van der Waals surface area contributed by atoms with Gasteiger partial charge in [-0.05, 0) is 32.1 Å². The number of halogens is 1. The van der Waals surface area contributed by atoms with Gasteiger partial charge in [-0.15, -0.1) is 6.58 Å². The van der Waals surface area contributed by atoms with Crippen LogP contribution in [0.4, 0.5) is 4.39 Å². The first-order chi connectivity index (χ1) is 6.63. The maximum absolute atomic E-state index is 13.0. The van der Waals surface area contributed by atoms with E-state index in [1.54, 1.807) is 0 Å². The highest BCUT2D eigenvalue weighted by Gasteiger charge is 2.10. The maximum atomic E-state index is 13.0. The molecule has 0 saturated heterocycles. The van der Waals surface area contributed by atoms with E-state index in [4.69, 9.17) is 0 Å². The van der Waals surface area contributed by atoms with Crippen LogP contribution in [0.3, 0.4) is 0 Å². The van der Waals surface area contributed by atoms with Crippen LogP contribution in [0.2, 0.25) is 0 Å². The summed E-state index contributed by atoms with van der Waals surface area (Å²) in [5, 5.41) is 0. The second-order valence-corrected chi connectivity index (χ2v) is 3.90. The molecule has 0 spiro atoms. The molecule has 0 fully saturated rings. The molecule has 0 rings (SSSR count). The summed E-state index contributed by atoms with van der Waals surface area (Å²) in [5.41, 5.74) is 1.40. The standard InChI is InChI=1S/C13H23F/c1-5-11(4)8-9-12(6-2)10-13(14)7-3/h7-8,12-13H,3,5-6,9-10H2,1-2,4H3. The first-order valence-electron chi connectivity index (χ1n) is 5.56. The molecule has 0 nitrogen and oxygen atoms in total. The van der Waals surface area contributed by atoms with Gasteiger partial charge < -0.3 is 0 Å². The Morgan fingerprint density at radius 2 is 2.07 bits per heavy atom. The maximum Gasteiger partial charge on any atom is 0.118 e. The lowest BCUT2D eigenvalue weighted by molar-refractivity contribution is 0.313. The molecule has 0 bridgehead atoms. The van der Waals surface area contributed by atoms with Gasteiger partial charge in [0.2, 0.25) is 0 Å². The second kappa shape index (κ2) is 7.78. The van der Waals surface area contributed by atoms with Gasteiger partial charge >= 0.3 is 0 Å². The molecule has 82 valence electrons. The van der Waals surface area contributed by atoms with Gasteiger partial charge in [-0.2, -0.15) is 0 Å². The minimum atomic E-state index is -0.838. The molecule has 0 aromatic carbocycles. The highest BCUT2D eigenvalue weighted by atomic mass is 19.1. The Kier molecular flexibility index (Phi) is 7.45. The zero-order chi connectivity index (χ0) is 11.0. The summed E-state index contributed by atoms with van der Waals surface area (Å²) >= 11 is 0. The van der Waals surface area contributed by atoms with Crippen LogP contribution in [0.1, 0.15) is 46.5 Å². The van der Waals surface area contributed by atoms with Crippen molar-refractivity contribution in [3.63, 3.8) is 0 Å². The van der Waals surface area contributed by atoms with Crippen molar-refractivity contribution in [3.05, 3.63) is 24.3 Å². The van der Waals surface area contributed by atoms with E-state index >= 15 is 0 Å². The molecule has 0 aliphatic rings. The quantitative estimate of drug-likeness (QED) is 0.521. The summed E-state index contributed by atoms with van der Waals surface area (Å²) in [6.07, 6.45) is 6.56. The molecule has 0 radical (unpaired) electrons. The molecule has 2 unspecified atom stereocenters. The predicted molar refractivity (Wildman–Crippen MR) is 62.2 cm³/mol. The van der Waals surface area contributed by atoms with Crippen LogP contribution in [-0.2, 0) is 0 Å². The molecule has 0 saturated carbocycles. The summed E-state index contributed by atoms with van der Waals surface area (Å²) in [6.45, 7) is 9.87. The summed E-state index contributed by atoms with van der Waals surface area (Å²) in [6, 6.07) is 0. The fourth-order valence-corrected chi connectivity index (χ4v) is 1.36. The van der Waals surface area contributed by atoms with Crippen molar-refractivity contribution in [3.8, 4) is 0 Å². The normalized spacial score (nSPS) is 16.4. The van der Waals surface area contributed by atoms with Crippen molar-refractivity contribution >= 4 is 0 Å². The number of alkyl halides is 1. The number of hydrogen-bond donors (Lipinski definition) is 0. The highest BCUT2D eigenvalue weighted by molar-refractivity contribution is 4.97. The molecule has 0 heterocycles. The van der Waals surface area contributed by atoms with Crippen LogP contribution < -0.4 is 0 Å². The van der Waals surface area contributed by atoms with Gasteiger partial charge in [0.1, 0.15) is 6.17 Å². The van der Waals surface area contributed by atoms with Gasteiger partial charge in [0, 0.05) is 0 Å². The van der Waals surface area contributed by atoms with Crippen LogP contribution in [0, 0.1) is 5.92 Å². The molecule has 0 aromatic heterocycles. The van der Waals surface area contributed by atoms with E-state index in [1.165, 1.54) is 11.6 Å². The Bertz CT molecular complexity index is 182. The van der Waals surface area contributed by atoms with E-state index in [2.05, 4.69) is 33.4 Å². The summed E-state index contributed by atoms with van der Waals surface area (Å²) in [5.74, 6) is 0.462. The molecular formula is C13H23F. The largest absolute Gasteiger partial charge is 0.243 e. The SMILES string of the molecule is C=CC(F)CC(CC)CC=C(C)CC. The van der Waals surface area contributed by atoms with E-state index < -0.39 is 6.17 Å². The molecule has 1 heteroatoms. The van der Waals surface area contributed by atoms with Crippen molar-refractivity contribution < 1.29 is 4.39 Å². The van der Waals surface area contributed by atoms with E-state index in [9.17, 15) is 4.39 Å². The van der Waals surface area contributed by atoms with Gasteiger partial charge in [-0.25, -0.2) is 4.39 Å². The van der Waals surface area contributed by atoms with Crippen LogP contribution in [0.25, 0.3) is 0 Å². The summed E-state index contributed by atoms with van der Waals surface area (Å²) in [4.78, 5) is 0. The molecule has 0 aliphatic carbocycles. The summed E-state index contributed by atoms with van der Waals surface area (Å²) < 4.78 is 13.0. The van der Waals surface area contributed by atoms with Crippen molar-refractivity contribution in [2.24, 2.45) is 5.92 Å². The first-order valence-corrected chi connectivity index (χ1v) is 5.56. The Hall–Kier alpha value is -0.590. The van der Waals surface area contributed by atoms with E-state index in [0.717, 1.165) is 19.3 Å². The molecule has 0 aromatic rings. The second-order valence-electron chi connectivity index (χ2n) is 3.90. The minimum Gasteiger partial charge on any atom is -0.243 e. The third kappa shape index (κ3) is 5.95. The fourth-order valence-electron chi connectivity index (χ4n) is 1.36. The monoisotopic (exact) mass is 198 g/mol. The molecule has 0 amide bonds. The number of allylic oxidation sites excluding steroid dienone is 3. The third-order valence-corrected chi connectivity index (χ3v) is 2.75. The zero-order valence-corrected chi connectivity index (χ0v) is 9.72. The van der Waals surface area contributed by atoms with Gasteiger partial charge in [-0.1, -0.05) is 38.0 Å². The van der Waals surface area contributed by atoms with Gasteiger partial charge in [-0.3, -0.25) is 0 Å². The molecule has 2 atom stereocenters. The topological polar surface area (TPSA) is 0 Å². The Labute approximate surface area is 87.9 Å². The Balaban J connectivity index is 3.96. The minimum absolute atomic E-state index is 0.462. The van der Waals surface area contributed by atoms with Crippen molar-refractivity contribution in [2.75, 3.05) is 0 Å². The van der Waals surface area contributed by atoms with Crippen LogP contribution in [0.5, 0.6) is 0 Å². The van der Waals surface area contributed by atoms with Crippen LogP contribution in [-0.4, -0.2) is 6.17 Å². The Morgan fingerprint density at radius 3 is 2.50 bits per heavy atom. The van der Waals surface area contributed by atoms with Crippen molar-refractivity contribution in [1.29, 1.82) is 0 Å². The highest BCUT2D eigenvalue weighted by Crippen LogP contribution is 2.19. The molecule has 0 N–H and O–H groups in total. The number of hydrogen-bond acceptors (Lipinski definition) is 0. The van der Waals surface area contributed by atoms with Crippen molar-refractivity contribution in [1.82, 2.24) is 0 Å². The van der Waals surface area contributed by atoms with E-state index in [1.807, 2.05) is 0 Å². The third-order valence-electron chi connectivity index (χ3n) is 2.75. The fraction of sp³-hybridized carbons (Fsp3) is 0.692. The van der Waals surface area contributed by atoms with E-state index in [0.29, 0.717) is 12.3 Å². The summed E-state index contributed by atoms with van der Waals surface area (Å²) in [7, 11) is 0. The molecule has 0 aliphatic heterocycles. The Morgan fingerprint density at radius 1 is 1.43 bits per heavy atom. The van der Waals surface area contributed by atoms with Crippen molar-refractivity contribution in [2.45, 2.75) is 52.6 Å². The average Bonchev–Trinajstić information content (AvgIpc) is 2.22. The van der Waals surface area contributed by atoms with Gasteiger partial charge in [0.05, 0.1) is 0 Å². The van der Waals surface area contributed by atoms with E-state index in [-0.39, 0.29) is 0 Å². The molecule has 14 heavy (non-hydrogen) atoms. The van der Waals surface area contributed by atoms with Crippen LogP contribution in [0.15, 0.2) is 24.3 Å². The lowest BCUT2D eigenvalue weighted by Crippen LogP contribution is -2.06. The van der Waals surface area contributed by atoms with Crippen LogP contribution >= 0.6 is 0 Å².